The molecule has 2 rings (SSSR count). The zero-order valence-electron chi connectivity index (χ0n) is 8.85. The van der Waals surface area contributed by atoms with E-state index in [2.05, 4.69) is 10.3 Å². The van der Waals surface area contributed by atoms with Gasteiger partial charge in [-0.15, -0.1) is 0 Å². The number of aromatic nitrogens is 1. The fourth-order valence-corrected chi connectivity index (χ4v) is 1.74. The Bertz CT molecular complexity index is 362. The smallest absolute Gasteiger partial charge is 0.126 e. The summed E-state index contributed by atoms with van der Waals surface area (Å²) in [5.41, 5.74) is 1.01. The van der Waals surface area contributed by atoms with Gasteiger partial charge in [-0.25, -0.2) is 4.98 Å². The number of anilines is 1. The summed E-state index contributed by atoms with van der Waals surface area (Å²) in [6.45, 7) is 1.98. The molecular weight excluding hydrogens is 188 g/mol. The molecule has 0 fully saturated rings. The Morgan fingerprint density at radius 1 is 1.33 bits per heavy atom. The number of aryl methyl sites for hydroxylation is 1. The Kier molecular flexibility index (Phi) is 3.02. The Morgan fingerprint density at radius 2 is 2.20 bits per heavy atom. The first kappa shape index (κ1) is 10.2. The minimum Gasteiger partial charge on any atom is -0.389 e. The van der Waals surface area contributed by atoms with Crippen LogP contribution in [0.2, 0.25) is 0 Å². The van der Waals surface area contributed by atoms with E-state index in [0.29, 0.717) is 6.04 Å². The van der Waals surface area contributed by atoms with Gasteiger partial charge in [0.15, 0.2) is 0 Å². The maximum atomic E-state index is 9.31. The number of rotatable bonds is 2. The molecule has 1 heterocycles. The average molecular weight is 204 g/mol. The van der Waals surface area contributed by atoms with Crippen molar-refractivity contribution in [3.8, 4) is 0 Å². The van der Waals surface area contributed by atoms with Gasteiger partial charge in [-0.3, -0.25) is 0 Å². The molecule has 0 aliphatic heterocycles. The SMILES string of the molecule is Cc1cccc(N[C@@H]2C=C[C@H](O)CC2)n1. The van der Waals surface area contributed by atoms with Gasteiger partial charge < -0.3 is 10.4 Å². The van der Waals surface area contributed by atoms with Crippen molar-refractivity contribution < 1.29 is 5.11 Å². The second-order valence-electron chi connectivity index (χ2n) is 3.94. The highest BCUT2D eigenvalue weighted by molar-refractivity contribution is 5.38. The van der Waals surface area contributed by atoms with Crippen molar-refractivity contribution in [2.24, 2.45) is 0 Å². The summed E-state index contributed by atoms with van der Waals surface area (Å²) in [7, 11) is 0. The van der Waals surface area contributed by atoms with E-state index in [4.69, 9.17) is 0 Å². The Hall–Kier alpha value is -1.35. The van der Waals surface area contributed by atoms with E-state index in [0.717, 1.165) is 24.4 Å². The van der Waals surface area contributed by atoms with Crippen LogP contribution in [0.3, 0.4) is 0 Å². The van der Waals surface area contributed by atoms with E-state index >= 15 is 0 Å². The molecule has 0 amide bonds. The maximum absolute atomic E-state index is 9.31. The topological polar surface area (TPSA) is 45.1 Å². The largest absolute Gasteiger partial charge is 0.389 e. The molecule has 1 aromatic rings. The normalized spacial score (nSPS) is 25.2. The minimum atomic E-state index is -0.270. The van der Waals surface area contributed by atoms with E-state index in [9.17, 15) is 5.11 Å². The van der Waals surface area contributed by atoms with Crippen molar-refractivity contribution in [3.63, 3.8) is 0 Å². The predicted molar refractivity (Wildman–Crippen MR) is 60.8 cm³/mol. The van der Waals surface area contributed by atoms with Crippen LogP contribution in [0.5, 0.6) is 0 Å². The summed E-state index contributed by atoms with van der Waals surface area (Å²) in [6, 6.07) is 6.23. The second kappa shape index (κ2) is 4.45. The lowest BCUT2D eigenvalue weighted by atomic mass is 10.0. The summed E-state index contributed by atoms with van der Waals surface area (Å²) in [5, 5.41) is 12.6. The predicted octanol–water partition coefficient (Wildman–Crippen LogP) is 1.88. The van der Waals surface area contributed by atoms with E-state index in [1.54, 1.807) is 0 Å². The lowest BCUT2D eigenvalue weighted by Crippen LogP contribution is -2.23. The molecule has 0 radical (unpaired) electrons. The van der Waals surface area contributed by atoms with Gasteiger partial charge in [0.1, 0.15) is 5.82 Å². The van der Waals surface area contributed by atoms with E-state index in [1.165, 1.54) is 0 Å². The molecule has 15 heavy (non-hydrogen) atoms. The summed E-state index contributed by atoms with van der Waals surface area (Å²) >= 11 is 0. The highest BCUT2D eigenvalue weighted by Gasteiger charge is 2.13. The first-order chi connectivity index (χ1) is 7.24. The van der Waals surface area contributed by atoms with E-state index in [-0.39, 0.29) is 6.10 Å². The monoisotopic (exact) mass is 204 g/mol. The molecule has 3 nitrogen and oxygen atoms in total. The van der Waals surface area contributed by atoms with Crippen LogP contribution in [0, 0.1) is 6.92 Å². The summed E-state index contributed by atoms with van der Waals surface area (Å²) in [4.78, 5) is 4.38. The van der Waals surface area contributed by atoms with Gasteiger partial charge in [0.05, 0.1) is 6.10 Å². The van der Waals surface area contributed by atoms with Crippen LogP contribution in [0.25, 0.3) is 0 Å². The third-order valence-electron chi connectivity index (χ3n) is 2.56. The van der Waals surface area contributed by atoms with Crippen molar-refractivity contribution in [1.29, 1.82) is 0 Å². The number of nitrogens with zero attached hydrogens (tertiary/aromatic N) is 1. The Morgan fingerprint density at radius 3 is 2.87 bits per heavy atom. The number of pyridine rings is 1. The fraction of sp³-hybridized carbons (Fsp3) is 0.417. The average Bonchev–Trinajstić information content (AvgIpc) is 2.22. The zero-order chi connectivity index (χ0) is 10.7. The van der Waals surface area contributed by atoms with Gasteiger partial charge in [0.2, 0.25) is 0 Å². The number of nitrogens with one attached hydrogen (secondary N) is 1. The van der Waals surface area contributed by atoms with Crippen molar-refractivity contribution in [2.75, 3.05) is 5.32 Å². The molecule has 0 saturated heterocycles. The number of hydrogen-bond donors (Lipinski definition) is 2. The van der Waals surface area contributed by atoms with Crippen LogP contribution in [0.4, 0.5) is 5.82 Å². The number of aliphatic hydroxyl groups excluding tert-OH is 1. The van der Waals surface area contributed by atoms with Crippen LogP contribution in [-0.4, -0.2) is 22.2 Å². The molecule has 0 bridgehead atoms. The third-order valence-corrected chi connectivity index (χ3v) is 2.56. The molecular formula is C12H16N2O. The van der Waals surface area contributed by atoms with Crippen LogP contribution in [0.15, 0.2) is 30.4 Å². The first-order valence-electron chi connectivity index (χ1n) is 5.30. The summed E-state index contributed by atoms with van der Waals surface area (Å²) < 4.78 is 0. The standard InChI is InChI=1S/C12H16N2O/c1-9-3-2-4-12(13-9)14-10-5-7-11(15)8-6-10/h2-5,7,10-11,15H,6,8H2,1H3,(H,13,14)/t10-,11+/m1/s1. The molecule has 1 aromatic heterocycles. The molecule has 80 valence electrons. The molecule has 3 heteroatoms. The molecule has 1 aliphatic rings. The maximum Gasteiger partial charge on any atom is 0.126 e. The summed E-state index contributed by atoms with van der Waals surface area (Å²) in [6.07, 6.45) is 5.36. The van der Waals surface area contributed by atoms with Gasteiger partial charge in [-0.05, 0) is 31.9 Å². The highest BCUT2D eigenvalue weighted by atomic mass is 16.3. The molecule has 2 atom stereocenters. The van der Waals surface area contributed by atoms with Crippen molar-refractivity contribution in [1.82, 2.24) is 4.98 Å². The van der Waals surface area contributed by atoms with Crippen molar-refractivity contribution in [3.05, 3.63) is 36.0 Å². The van der Waals surface area contributed by atoms with Gasteiger partial charge in [0, 0.05) is 11.7 Å². The van der Waals surface area contributed by atoms with Gasteiger partial charge in [-0.1, -0.05) is 18.2 Å². The zero-order valence-corrected chi connectivity index (χ0v) is 8.85. The molecule has 0 spiro atoms. The minimum absolute atomic E-state index is 0.270. The molecule has 1 aliphatic carbocycles. The van der Waals surface area contributed by atoms with Crippen molar-refractivity contribution in [2.45, 2.75) is 31.9 Å². The van der Waals surface area contributed by atoms with Crippen LogP contribution < -0.4 is 5.32 Å². The molecule has 0 saturated carbocycles. The Balaban J connectivity index is 2.00. The molecule has 0 aromatic carbocycles. The summed E-state index contributed by atoms with van der Waals surface area (Å²) in [5.74, 6) is 0.904. The first-order valence-corrected chi connectivity index (χ1v) is 5.30. The lowest BCUT2D eigenvalue weighted by Gasteiger charge is -2.21. The number of hydrogen-bond acceptors (Lipinski definition) is 3. The second-order valence-corrected chi connectivity index (χ2v) is 3.94. The number of aliphatic hydroxyl groups is 1. The molecule has 2 N–H and O–H groups in total. The van der Waals surface area contributed by atoms with E-state index < -0.39 is 0 Å². The highest BCUT2D eigenvalue weighted by Crippen LogP contribution is 2.15. The quantitative estimate of drug-likeness (QED) is 0.723. The lowest BCUT2D eigenvalue weighted by molar-refractivity contribution is 0.202. The van der Waals surface area contributed by atoms with Crippen LogP contribution in [0.1, 0.15) is 18.5 Å². The van der Waals surface area contributed by atoms with Crippen molar-refractivity contribution >= 4 is 5.82 Å². The van der Waals surface area contributed by atoms with Crippen LogP contribution in [-0.2, 0) is 0 Å². The Labute approximate surface area is 89.9 Å². The van der Waals surface area contributed by atoms with Gasteiger partial charge >= 0.3 is 0 Å². The van der Waals surface area contributed by atoms with E-state index in [1.807, 2.05) is 37.3 Å². The molecule has 0 unspecified atom stereocenters. The fourth-order valence-electron chi connectivity index (χ4n) is 1.74. The third kappa shape index (κ3) is 2.80. The van der Waals surface area contributed by atoms with Gasteiger partial charge in [0.25, 0.3) is 0 Å². The van der Waals surface area contributed by atoms with Gasteiger partial charge in [-0.2, -0.15) is 0 Å². The van der Waals surface area contributed by atoms with Crippen LogP contribution >= 0.6 is 0 Å².